The molecular weight excluding hydrogens is 600 g/mol. The fourth-order valence-electron chi connectivity index (χ4n) is 14.1. The van der Waals surface area contributed by atoms with Crippen molar-refractivity contribution in [3.8, 4) is 0 Å². The van der Waals surface area contributed by atoms with Crippen molar-refractivity contribution in [1.82, 2.24) is 4.90 Å². The summed E-state index contributed by atoms with van der Waals surface area (Å²) in [7, 11) is 0. The van der Waals surface area contributed by atoms with Gasteiger partial charge >= 0.3 is 11.9 Å². The first kappa shape index (κ1) is 36.2. The zero-order valence-corrected chi connectivity index (χ0v) is 31.8. The van der Waals surface area contributed by atoms with Crippen LogP contribution in [0.5, 0.6) is 0 Å². The molecule has 6 rings (SSSR count). The van der Waals surface area contributed by atoms with E-state index in [9.17, 15) is 19.5 Å². The van der Waals surface area contributed by atoms with Gasteiger partial charge in [-0.3, -0.25) is 14.4 Å². The Morgan fingerprint density at radius 1 is 0.875 bits per heavy atom. The minimum absolute atomic E-state index is 0.103. The summed E-state index contributed by atoms with van der Waals surface area (Å²) in [6.45, 7) is 22.2. The van der Waals surface area contributed by atoms with Gasteiger partial charge in [0.25, 0.3) is 0 Å². The van der Waals surface area contributed by atoms with Crippen molar-refractivity contribution in [2.24, 2.45) is 73.7 Å². The van der Waals surface area contributed by atoms with E-state index in [1.165, 1.54) is 44.9 Å². The number of esters is 1. The average molecular weight is 669 g/mol. The smallest absolute Gasteiger partial charge is 0.309 e. The molecule has 0 aromatic heterocycles. The van der Waals surface area contributed by atoms with Gasteiger partial charge in [-0.1, -0.05) is 48.5 Å². The second-order valence-electron chi connectivity index (χ2n) is 20.3. The Bertz CT molecular complexity index is 1290. The Balaban J connectivity index is 1.25. The lowest BCUT2D eigenvalue weighted by Crippen LogP contribution is -2.67. The molecule has 7 heteroatoms. The van der Waals surface area contributed by atoms with Crippen LogP contribution >= 0.6 is 0 Å². The number of hydrogen-bond acceptors (Lipinski definition) is 5. The van der Waals surface area contributed by atoms with E-state index in [1.54, 1.807) is 13.8 Å². The first-order valence-electron chi connectivity index (χ1n) is 19.7. The highest BCUT2D eigenvalue weighted by Crippen LogP contribution is 2.78. The predicted molar refractivity (Wildman–Crippen MR) is 189 cm³/mol. The molecule has 272 valence electrons. The molecule has 4 unspecified atom stereocenters. The monoisotopic (exact) mass is 669 g/mol. The third-order valence-corrected chi connectivity index (χ3v) is 17.0. The van der Waals surface area contributed by atoms with Crippen molar-refractivity contribution in [2.45, 2.75) is 158 Å². The molecule has 5 saturated carbocycles. The molecule has 5 aliphatic carbocycles. The summed E-state index contributed by atoms with van der Waals surface area (Å²) in [6.07, 6.45) is 13.0. The van der Waals surface area contributed by atoms with Gasteiger partial charge in [0.15, 0.2) is 0 Å². The standard InChI is InChI=1S/C41H68N2O5/c1-25(2)27-12-18-41(22-32(44)43-21-15-26(42)24-43)20-19-39(8)28(34(27)41)10-11-30-38(7)16-14-31(48-33(45)23-36(3,4)35(46)47)37(5,6)29(38)13-17-40(30,39)9/h25-31,34H,10-24,42H2,1-9H3,(H,46,47)/t26-,27?,28-,29?,30?,31+,34?,38+,39-,40-,41-/m1/s1. The van der Waals surface area contributed by atoms with Gasteiger partial charge in [-0.15, -0.1) is 0 Å². The second-order valence-corrected chi connectivity index (χ2v) is 20.3. The molecular formula is C41H68N2O5. The molecule has 0 bridgehead atoms. The molecule has 1 aliphatic heterocycles. The Kier molecular flexibility index (Phi) is 9.02. The van der Waals surface area contributed by atoms with Crippen molar-refractivity contribution in [2.75, 3.05) is 13.1 Å². The summed E-state index contributed by atoms with van der Waals surface area (Å²) in [4.78, 5) is 40.7. The van der Waals surface area contributed by atoms with Crippen molar-refractivity contribution in [1.29, 1.82) is 0 Å². The lowest BCUT2D eigenvalue weighted by atomic mass is 9.32. The number of carboxylic acid groups (broad SMARTS) is 1. The van der Waals surface area contributed by atoms with Gasteiger partial charge in [0.1, 0.15) is 6.10 Å². The molecule has 6 aliphatic rings. The molecule has 6 fully saturated rings. The second kappa shape index (κ2) is 12.0. The van der Waals surface area contributed by atoms with Gasteiger partial charge in [-0.25, -0.2) is 0 Å². The quantitative estimate of drug-likeness (QED) is 0.266. The number of likely N-dealkylation sites (tertiary alicyclic amines) is 1. The first-order chi connectivity index (χ1) is 22.2. The van der Waals surface area contributed by atoms with Crippen LogP contribution in [0.3, 0.4) is 0 Å². The number of amides is 1. The maximum absolute atomic E-state index is 13.9. The predicted octanol–water partition coefficient (Wildman–Crippen LogP) is 8.09. The highest BCUT2D eigenvalue weighted by atomic mass is 16.5. The summed E-state index contributed by atoms with van der Waals surface area (Å²) < 4.78 is 6.18. The lowest BCUT2D eigenvalue weighted by Gasteiger charge is -2.73. The van der Waals surface area contributed by atoms with E-state index in [4.69, 9.17) is 10.5 Å². The highest BCUT2D eigenvalue weighted by Gasteiger charge is 2.71. The van der Waals surface area contributed by atoms with Gasteiger partial charge in [0.05, 0.1) is 11.8 Å². The number of carbonyl (C=O) groups is 3. The van der Waals surface area contributed by atoms with E-state index in [2.05, 4.69) is 53.4 Å². The van der Waals surface area contributed by atoms with Gasteiger partial charge < -0.3 is 20.5 Å². The largest absolute Gasteiger partial charge is 0.481 e. The Labute approximate surface area is 291 Å². The van der Waals surface area contributed by atoms with Crippen LogP contribution < -0.4 is 5.73 Å². The molecule has 0 radical (unpaired) electrons. The van der Waals surface area contributed by atoms with E-state index in [1.807, 2.05) is 0 Å². The molecule has 7 nitrogen and oxygen atoms in total. The summed E-state index contributed by atoms with van der Waals surface area (Å²) in [5, 5.41) is 9.59. The van der Waals surface area contributed by atoms with Crippen molar-refractivity contribution in [3.05, 3.63) is 0 Å². The van der Waals surface area contributed by atoms with Crippen molar-refractivity contribution in [3.63, 3.8) is 0 Å². The maximum atomic E-state index is 13.9. The number of hydrogen-bond donors (Lipinski definition) is 2. The minimum Gasteiger partial charge on any atom is -0.481 e. The minimum atomic E-state index is -1.13. The van der Waals surface area contributed by atoms with E-state index in [0.29, 0.717) is 41.4 Å². The first-order valence-corrected chi connectivity index (χ1v) is 19.7. The molecule has 0 aromatic rings. The van der Waals surface area contributed by atoms with Gasteiger partial charge in [-0.05, 0) is 142 Å². The normalized spacial score (nSPS) is 45.1. The molecule has 11 atom stereocenters. The number of carboxylic acids is 1. The van der Waals surface area contributed by atoms with Crippen LogP contribution in [-0.2, 0) is 19.1 Å². The molecule has 1 heterocycles. The fourth-order valence-corrected chi connectivity index (χ4v) is 14.1. The Morgan fingerprint density at radius 2 is 1.58 bits per heavy atom. The van der Waals surface area contributed by atoms with E-state index in [0.717, 1.165) is 45.2 Å². The molecule has 0 spiro atoms. The van der Waals surface area contributed by atoms with Crippen LogP contribution in [0.4, 0.5) is 0 Å². The lowest BCUT2D eigenvalue weighted by molar-refractivity contribution is -0.252. The van der Waals surface area contributed by atoms with E-state index < -0.39 is 11.4 Å². The number of carbonyl (C=O) groups excluding carboxylic acids is 2. The van der Waals surface area contributed by atoms with Gasteiger partial charge in [0.2, 0.25) is 5.91 Å². The summed E-state index contributed by atoms with van der Waals surface area (Å²) in [6, 6.07) is 0.131. The highest BCUT2D eigenvalue weighted by molar-refractivity contribution is 5.81. The van der Waals surface area contributed by atoms with E-state index in [-0.39, 0.29) is 51.6 Å². The molecule has 1 saturated heterocycles. The maximum Gasteiger partial charge on any atom is 0.309 e. The number of aliphatic carboxylic acids is 1. The molecule has 48 heavy (non-hydrogen) atoms. The number of nitrogens with zero attached hydrogens (tertiary/aromatic N) is 1. The zero-order valence-electron chi connectivity index (χ0n) is 31.8. The fraction of sp³-hybridized carbons (Fsp3) is 0.927. The van der Waals surface area contributed by atoms with Crippen LogP contribution in [0.15, 0.2) is 0 Å². The Hall–Kier alpha value is -1.63. The van der Waals surface area contributed by atoms with Gasteiger partial charge in [-0.2, -0.15) is 0 Å². The zero-order chi connectivity index (χ0) is 35.2. The van der Waals surface area contributed by atoms with E-state index >= 15 is 0 Å². The van der Waals surface area contributed by atoms with Crippen LogP contribution in [0.25, 0.3) is 0 Å². The topological polar surface area (TPSA) is 110 Å². The van der Waals surface area contributed by atoms with Crippen LogP contribution in [0, 0.1) is 68.0 Å². The Morgan fingerprint density at radius 3 is 2.21 bits per heavy atom. The SMILES string of the molecule is CC(C)C1CC[C@]2(CC(=O)N3CC[C@@H](N)C3)CC[C@]3(C)[C@H](CCC4[C@@]5(C)CC[C@H](OC(=O)CC(C)(C)C(=O)O)C(C)(C)C5CC[C@]43C)C12. The number of fused-ring (bicyclic) bond motifs is 7. The van der Waals surface area contributed by atoms with Gasteiger partial charge in [0, 0.05) is 31.0 Å². The summed E-state index contributed by atoms with van der Waals surface area (Å²) >= 11 is 0. The number of rotatable bonds is 7. The van der Waals surface area contributed by atoms with Crippen molar-refractivity contribution >= 4 is 17.8 Å². The number of nitrogens with two attached hydrogens (primary N) is 1. The number of ether oxygens (including phenoxy) is 1. The van der Waals surface area contributed by atoms with Crippen molar-refractivity contribution < 1.29 is 24.2 Å². The van der Waals surface area contributed by atoms with Crippen LogP contribution in [-0.4, -0.2) is 53.1 Å². The third-order valence-electron chi connectivity index (χ3n) is 17.0. The molecule has 1 amide bonds. The summed E-state index contributed by atoms with van der Waals surface area (Å²) in [5.74, 6) is 2.66. The summed E-state index contributed by atoms with van der Waals surface area (Å²) in [5.41, 5.74) is 5.70. The van der Waals surface area contributed by atoms with Crippen LogP contribution in [0.1, 0.15) is 146 Å². The third kappa shape index (κ3) is 5.40. The molecule has 0 aromatic carbocycles. The average Bonchev–Trinajstić information content (AvgIpc) is 3.59. The molecule has 3 N–H and O–H groups in total. The van der Waals surface area contributed by atoms with Crippen LogP contribution in [0.2, 0.25) is 0 Å².